The molecule has 0 radical (unpaired) electrons. The molecule has 0 aliphatic rings. The highest BCUT2D eigenvalue weighted by Crippen LogP contribution is 2.24. The van der Waals surface area contributed by atoms with Crippen LogP contribution in [0.3, 0.4) is 0 Å². The fourth-order valence-corrected chi connectivity index (χ4v) is 1.56. The Morgan fingerprint density at radius 1 is 1.47 bits per heavy atom. The Balaban J connectivity index is 2.90. The lowest BCUT2D eigenvalue weighted by Gasteiger charge is -2.04. The zero-order valence-electron chi connectivity index (χ0n) is 9.35. The average Bonchev–Trinajstić information content (AvgIpc) is 2.26. The molecule has 0 spiro atoms. The topological polar surface area (TPSA) is 93.3 Å². The van der Waals surface area contributed by atoms with E-state index in [4.69, 9.17) is 4.42 Å². The standard InChI is InChI=1S/C11H10N2O4/c1-3-6-4-7(15)17-11-8(6)10(16)12-9(13-11)5(2)14/h4H,3H2,1-2H3,(H,12,13,16). The lowest BCUT2D eigenvalue weighted by atomic mass is 10.1. The molecule has 2 aromatic rings. The molecule has 0 fully saturated rings. The maximum absolute atomic E-state index is 11.3. The molecule has 6 nitrogen and oxygen atoms in total. The van der Waals surface area contributed by atoms with Crippen molar-refractivity contribution in [1.29, 1.82) is 0 Å². The molecule has 0 aliphatic carbocycles. The van der Waals surface area contributed by atoms with Crippen molar-refractivity contribution in [3.05, 3.63) is 27.9 Å². The van der Waals surface area contributed by atoms with E-state index in [1.807, 2.05) is 6.92 Å². The van der Waals surface area contributed by atoms with Crippen LogP contribution in [0, 0.1) is 0 Å². The van der Waals surface area contributed by atoms with E-state index in [0.717, 1.165) is 0 Å². The summed E-state index contributed by atoms with van der Waals surface area (Å²) < 4.78 is 4.86. The predicted molar refractivity (Wildman–Crippen MR) is 59.1 cm³/mol. The third kappa shape index (κ3) is 1.89. The molecule has 0 amide bonds. The van der Waals surface area contributed by atoms with Crippen molar-refractivity contribution in [2.75, 3.05) is 0 Å². The van der Waals surface area contributed by atoms with E-state index < -0.39 is 11.4 Å². The number of aryl methyl sites for hydroxylation is 1. The molecule has 0 bridgehead atoms. The molecule has 0 aromatic carbocycles. The number of nitrogens with zero attached hydrogens (tertiary/aromatic N) is 2. The maximum Gasteiger partial charge on any atom is 0.337 e. The summed E-state index contributed by atoms with van der Waals surface area (Å²) in [7, 11) is 0. The van der Waals surface area contributed by atoms with Gasteiger partial charge in [0, 0.05) is 13.0 Å². The van der Waals surface area contributed by atoms with Crippen LogP contribution in [-0.2, 0) is 6.42 Å². The zero-order valence-corrected chi connectivity index (χ0v) is 9.35. The summed E-state index contributed by atoms with van der Waals surface area (Å²) in [5.41, 5.74) is -0.0437. The lowest BCUT2D eigenvalue weighted by Crippen LogP contribution is -2.06. The lowest BCUT2D eigenvalue weighted by molar-refractivity contribution is 0.100. The van der Waals surface area contributed by atoms with Gasteiger partial charge in [0.15, 0.2) is 5.78 Å². The Hall–Kier alpha value is -2.24. The highest BCUT2D eigenvalue weighted by atomic mass is 16.4. The van der Waals surface area contributed by atoms with Crippen molar-refractivity contribution in [2.24, 2.45) is 0 Å². The van der Waals surface area contributed by atoms with Crippen molar-refractivity contribution in [3.63, 3.8) is 0 Å². The van der Waals surface area contributed by atoms with E-state index in [9.17, 15) is 14.7 Å². The van der Waals surface area contributed by atoms with Crippen molar-refractivity contribution >= 4 is 16.9 Å². The van der Waals surface area contributed by atoms with Gasteiger partial charge >= 0.3 is 5.63 Å². The van der Waals surface area contributed by atoms with E-state index in [-0.39, 0.29) is 22.8 Å². The minimum absolute atomic E-state index is 0.0629. The smallest absolute Gasteiger partial charge is 0.337 e. The monoisotopic (exact) mass is 234 g/mol. The number of carbonyl (C=O) groups is 1. The number of fused-ring (bicyclic) bond motifs is 1. The number of hydrogen-bond donors (Lipinski definition) is 1. The fraction of sp³-hybridized carbons (Fsp3) is 0.273. The molecule has 0 aliphatic heterocycles. The molecule has 0 atom stereocenters. The maximum atomic E-state index is 11.3. The minimum Gasteiger partial charge on any atom is -0.493 e. The summed E-state index contributed by atoms with van der Waals surface area (Å²) in [6.07, 6.45) is 0.526. The number of ketones is 1. The van der Waals surface area contributed by atoms with Gasteiger partial charge in [0.1, 0.15) is 5.39 Å². The Labute approximate surface area is 95.9 Å². The number of carbonyl (C=O) groups excluding carboxylic acids is 1. The number of Topliss-reactive ketones (excluding diaryl/α,β-unsaturated/α-hetero) is 1. The van der Waals surface area contributed by atoms with Crippen LogP contribution in [0.25, 0.3) is 11.1 Å². The van der Waals surface area contributed by atoms with Crippen LogP contribution in [-0.4, -0.2) is 20.9 Å². The van der Waals surface area contributed by atoms with Gasteiger partial charge in [0.25, 0.3) is 0 Å². The Morgan fingerprint density at radius 3 is 2.76 bits per heavy atom. The molecular weight excluding hydrogens is 224 g/mol. The van der Waals surface area contributed by atoms with E-state index in [1.165, 1.54) is 13.0 Å². The average molecular weight is 234 g/mol. The van der Waals surface area contributed by atoms with Gasteiger partial charge in [-0.05, 0) is 12.0 Å². The Morgan fingerprint density at radius 2 is 2.18 bits per heavy atom. The first-order valence-corrected chi connectivity index (χ1v) is 5.07. The SMILES string of the molecule is CCc1cc(=O)oc2nc(C(C)=O)nc(O)c12. The van der Waals surface area contributed by atoms with Gasteiger partial charge in [-0.25, -0.2) is 4.79 Å². The second-order valence-corrected chi connectivity index (χ2v) is 3.55. The highest BCUT2D eigenvalue weighted by molar-refractivity contribution is 5.93. The number of aromatic nitrogens is 2. The van der Waals surface area contributed by atoms with Crippen LogP contribution in [0.5, 0.6) is 5.88 Å². The molecule has 0 unspecified atom stereocenters. The highest BCUT2D eigenvalue weighted by Gasteiger charge is 2.15. The molecular formula is C11H10N2O4. The van der Waals surface area contributed by atoms with Gasteiger partial charge in [-0.2, -0.15) is 9.97 Å². The van der Waals surface area contributed by atoms with E-state index in [2.05, 4.69) is 9.97 Å². The van der Waals surface area contributed by atoms with Gasteiger partial charge in [0.2, 0.25) is 17.4 Å². The first-order chi connectivity index (χ1) is 8.02. The molecule has 17 heavy (non-hydrogen) atoms. The van der Waals surface area contributed by atoms with Crippen LogP contribution in [0.15, 0.2) is 15.3 Å². The summed E-state index contributed by atoms with van der Waals surface area (Å²) in [4.78, 5) is 29.9. The molecule has 2 heterocycles. The third-order valence-corrected chi connectivity index (χ3v) is 2.36. The van der Waals surface area contributed by atoms with Gasteiger partial charge in [0.05, 0.1) is 0 Å². The number of rotatable bonds is 2. The van der Waals surface area contributed by atoms with Crippen molar-refractivity contribution in [2.45, 2.75) is 20.3 Å². The summed E-state index contributed by atoms with van der Waals surface area (Å²) in [5, 5.41) is 10.0. The number of hydrogen-bond acceptors (Lipinski definition) is 6. The van der Waals surface area contributed by atoms with Crippen LogP contribution >= 0.6 is 0 Å². The van der Waals surface area contributed by atoms with Gasteiger partial charge in [-0.1, -0.05) is 6.92 Å². The van der Waals surface area contributed by atoms with Crippen molar-refractivity contribution in [3.8, 4) is 5.88 Å². The third-order valence-electron chi connectivity index (χ3n) is 2.36. The molecule has 0 saturated heterocycles. The molecule has 2 rings (SSSR count). The molecule has 0 saturated carbocycles. The van der Waals surface area contributed by atoms with Crippen molar-refractivity contribution < 1.29 is 14.3 Å². The van der Waals surface area contributed by atoms with Crippen LogP contribution in [0.4, 0.5) is 0 Å². The second-order valence-electron chi connectivity index (χ2n) is 3.55. The number of aromatic hydroxyl groups is 1. The fourth-order valence-electron chi connectivity index (χ4n) is 1.56. The second kappa shape index (κ2) is 3.97. The van der Waals surface area contributed by atoms with E-state index in [0.29, 0.717) is 12.0 Å². The zero-order chi connectivity index (χ0) is 12.6. The first-order valence-electron chi connectivity index (χ1n) is 5.07. The van der Waals surface area contributed by atoms with Crippen molar-refractivity contribution in [1.82, 2.24) is 9.97 Å². The largest absolute Gasteiger partial charge is 0.493 e. The van der Waals surface area contributed by atoms with Gasteiger partial charge in [-0.15, -0.1) is 0 Å². The Bertz CT molecular complexity index is 660. The quantitative estimate of drug-likeness (QED) is 0.780. The minimum atomic E-state index is -0.568. The van der Waals surface area contributed by atoms with Crippen LogP contribution in [0.2, 0.25) is 0 Å². The normalized spacial score (nSPS) is 10.7. The molecule has 6 heteroatoms. The summed E-state index contributed by atoms with van der Waals surface area (Å²) in [6, 6.07) is 1.28. The summed E-state index contributed by atoms with van der Waals surface area (Å²) in [5.74, 6) is -0.932. The molecule has 1 N–H and O–H groups in total. The van der Waals surface area contributed by atoms with Gasteiger partial charge < -0.3 is 9.52 Å². The van der Waals surface area contributed by atoms with Crippen LogP contribution < -0.4 is 5.63 Å². The van der Waals surface area contributed by atoms with Crippen LogP contribution in [0.1, 0.15) is 30.0 Å². The summed E-state index contributed by atoms with van der Waals surface area (Å²) >= 11 is 0. The van der Waals surface area contributed by atoms with Gasteiger partial charge in [-0.3, -0.25) is 4.79 Å². The molecule has 2 aromatic heterocycles. The van der Waals surface area contributed by atoms with E-state index >= 15 is 0 Å². The predicted octanol–water partition coefficient (Wildman–Crippen LogP) is 1.05. The van der Waals surface area contributed by atoms with E-state index in [1.54, 1.807) is 0 Å². The summed E-state index contributed by atoms with van der Waals surface area (Å²) in [6.45, 7) is 3.09. The Kier molecular flexibility index (Phi) is 2.63. The molecule has 88 valence electrons. The first kappa shape index (κ1) is 11.3.